The number of sulfonamides is 1. The number of nitrogens with one attached hydrogen (secondary N) is 1. The quantitative estimate of drug-likeness (QED) is 0.664. The molecule has 2 aromatic rings. The fourth-order valence-corrected chi connectivity index (χ4v) is 3.73. The Morgan fingerprint density at radius 2 is 1.86 bits per heavy atom. The van der Waals surface area contributed by atoms with Crippen LogP contribution in [0.25, 0.3) is 0 Å². The molecular weight excluding hydrogens is 420 g/mol. The minimum Gasteiger partial charge on any atom is -0.495 e. The third-order valence-corrected chi connectivity index (χ3v) is 5.56. The second-order valence-corrected chi connectivity index (χ2v) is 8.42. The van der Waals surface area contributed by atoms with Crippen LogP contribution >= 0.6 is 11.6 Å². The van der Waals surface area contributed by atoms with Gasteiger partial charge in [-0.15, -0.1) is 0 Å². The number of carbonyl (C=O) groups excluding carboxylic acids is 2. The summed E-state index contributed by atoms with van der Waals surface area (Å²) in [4.78, 5) is 24.4. The average molecular weight is 441 g/mol. The fraction of sp³-hybridized carbons (Fsp3) is 0.263. The van der Waals surface area contributed by atoms with Gasteiger partial charge in [0.2, 0.25) is 15.9 Å². The van der Waals surface area contributed by atoms with Gasteiger partial charge in [-0.05, 0) is 42.8 Å². The third kappa shape index (κ3) is 5.39. The lowest BCUT2D eigenvalue weighted by molar-refractivity contribution is -0.114. The average Bonchev–Trinajstić information content (AvgIpc) is 2.66. The monoisotopic (exact) mass is 440 g/mol. The molecule has 0 unspecified atom stereocenters. The molecule has 0 atom stereocenters. The number of halogens is 1. The number of nitrogens with zero attached hydrogens (tertiary/aromatic N) is 1. The zero-order chi connectivity index (χ0) is 21.8. The summed E-state index contributed by atoms with van der Waals surface area (Å²) in [5.74, 6) is -0.750. The van der Waals surface area contributed by atoms with Gasteiger partial charge in [-0.1, -0.05) is 17.7 Å². The molecule has 10 heteroatoms. The van der Waals surface area contributed by atoms with Crippen molar-refractivity contribution in [3.05, 3.63) is 52.5 Å². The number of ether oxygens (including phenoxy) is 2. The molecule has 0 aliphatic heterocycles. The lowest BCUT2D eigenvalue weighted by Gasteiger charge is -2.23. The van der Waals surface area contributed by atoms with Crippen LogP contribution in [-0.4, -0.2) is 47.3 Å². The molecular formula is C19H21ClN2O6S. The van der Waals surface area contributed by atoms with Gasteiger partial charge in [0.1, 0.15) is 12.3 Å². The number of benzene rings is 2. The van der Waals surface area contributed by atoms with Gasteiger partial charge in [0.05, 0.1) is 36.7 Å². The Morgan fingerprint density at radius 1 is 1.17 bits per heavy atom. The normalized spacial score (nSPS) is 10.9. The number of methoxy groups -OCH3 is 2. The summed E-state index contributed by atoms with van der Waals surface area (Å²) in [7, 11) is -1.08. The van der Waals surface area contributed by atoms with E-state index >= 15 is 0 Å². The van der Waals surface area contributed by atoms with Gasteiger partial charge in [-0.25, -0.2) is 13.2 Å². The lowest BCUT2D eigenvalue weighted by atomic mass is 10.1. The second-order valence-electron chi connectivity index (χ2n) is 6.11. The molecule has 0 radical (unpaired) electrons. The van der Waals surface area contributed by atoms with E-state index in [-0.39, 0.29) is 10.7 Å². The van der Waals surface area contributed by atoms with Crippen LogP contribution < -0.4 is 14.4 Å². The number of hydrogen-bond donors (Lipinski definition) is 1. The van der Waals surface area contributed by atoms with Crippen molar-refractivity contribution >= 4 is 44.9 Å². The number of rotatable bonds is 7. The van der Waals surface area contributed by atoms with E-state index in [0.717, 1.165) is 10.6 Å². The number of anilines is 2. The van der Waals surface area contributed by atoms with Gasteiger partial charge < -0.3 is 14.8 Å². The van der Waals surface area contributed by atoms with Crippen LogP contribution in [0.3, 0.4) is 0 Å². The van der Waals surface area contributed by atoms with E-state index in [1.165, 1.54) is 32.4 Å². The van der Waals surface area contributed by atoms with E-state index in [0.29, 0.717) is 22.6 Å². The van der Waals surface area contributed by atoms with E-state index < -0.39 is 28.4 Å². The Bertz CT molecular complexity index is 1040. The zero-order valence-corrected chi connectivity index (χ0v) is 17.9. The van der Waals surface area contributed by atoms with Gasteiger partial charge >= 0.3 is 5.97 Å². The van der Waals surface area contributed by atoms with Crippen molar-refractivity contribution in [3.63, 3.8) is 0 Å². The minimum atomic E-state index is -3.78. The summed E-state index contributed by atoms with van der Waals surface area (Å²) >= 11 is 6.08. The highest BCUT2D eigenvalue weighted by molar-refractivity contribution is 7.92. The first kappa shape index (κ1) is 22.5. The molecule has 2 rings (SSSR count). The minimum absolute atomic E-state index is 0.209. The summed E-state index contributed by atoms with van der Waals surface area (Å²) in [6.07, 6.45) is 0.988. The van der Waals surface area contributed by atoms with Crippen LogP contribution in [0.1, 0.15) is 15.9 Å². The third-order valence-electron chi connectivity index (χ3n) is 4.12. The van der Waals surface area contributed by atoms with E-state index in [4.69, 9.17) is 21.1 Å². The van der Waals surface area contributed by atoms with Crippen LogP contribution in [0.2, 0.25) is 5.02 Å². The summed E-state index contributed by atoms with van der Waals surface area (Å²) in [6.45, 7) is 1.17. The SMILES string of the molecule is COC(=O)c1cccc(NC(=O)CN(c2ccc(OC)c(Cl)c2)S(C)(=O)=O)c1C. The Balaban J connectivity index is 2.29. The fourth-order valence-electron chi connectivity index (χ4n) is 2.63. The zero-order valence-electron chi connectivity index (χ0n) is 16.4. The molecule has 1 N–H and O–H groups in total. The molecule has 156 valence electrons. The topological polar surface area (TPSA) is 102 Å². The first-order valence-corrected chi connectivity index (χ1v) is 10.6. The molecule has 0 fully saturated rings. The molecule has 1 amide bonds. The molecule has 29 heavy (non-hydrogen) atoms. The van der Waals surface area contributed by atoms with Crippen LogP contribution in [0.5, 0.6) is 5.75 Å². The first-order valence-electron chi connectivity index (χ1n) is 8.37. The summed E-state index contributed by atoms with van der Waals surface area (Å²) in [6, 6.07) is 9.16. The highest BCUT2D eigenvalue weighted by atomic mass is 35.5. The van der Waals surface area contributed by atoms with Crippen molar-refractivity contribution < 1.29 is 27.5 Å². The summed E-state index contributed by atoms with van der Waals surface area (Å²) in [5.41, 5.74) is 1.39. The van der Waals surface area contributed by atoms with Crippen LogP contribution in [0.4, 0.5) is 11.4 Å². The molecule has 0 aliphatic carbocycles. The van der Waals surface area contributed by atoms with Crippen molar-refractivity contribution in [3.8, 4) is 5.75 Å². The molecule has 0 saturated heterocycles. The van der Waals surface area contributed by atoms with Gasteiger partial charge in [0.25, 0.3) is 0 Å². The van der Waals surface area contributed by atoms with Gasteiger partial charge in [0, 0.05) is 5.69 Å². The van der Waals surface area contributed by atoms with Crippen LogP contribution in [-0.2, 0) is 19.6 Å². The Labute approximate surface area is 174 Å². The van der Waals surface area contributed by atoms with Crippen molar-refractivity contribution in [2.24, 2.45) is 0 Å². The molecule has 0 aliphatic rings. The highest BCUT2D eigenvalue weighted by Gasteiger charge is 2.22. The predicted molar refractivity (Wildman–Crippen MR) is 111 cm³/mol. The maximum Gasteiger partial charge on any atom is 0.338 e. The Kier molecular flexibility index (Phi) is 7.10. The molecule has 0 heterocycles. The van der Waals surface area contributed by atoms with Gasteiger partial charge in [-0.3, -0.25) is 9.10 Å². The molecule has 8 nitrogen and oxygen atoms in total. The van der Waals surface area contributed by atoms with E-state index in [1.807, 2.05) is 0 Å². The molecule has 0 aromatic heterocycles. The summed E-state index contributed by atoms with van der Waals surface area (Å²) < 4.78 is 35.2. The molecule has 0 saturated carbocycles. The lowest BCUT2D eigenvalue weighted by Crippen LogP contribution is -2.37. The standard InChI is InChI=1S/C19H21ClN2O6S/c1-12-14(19(24)28-3)6-5-7-16(12)21-18(23)11-22(29(4,25)26)13-8-9-17(27-2)15(20)10-13/h5-10H,11H2,1-4H3,(H,21,23). The van der Waals surface area contributed by atoms with Crippen molar-refractivity contribution in [2.75, 3.05) is 36.6 Å². The van der Waals surface area contributed by atoms with Gasteiger partial charge in [-0.2, -0.15) is 0 Å². The van der Waals surface area contributed by atoms with E-state index in [2.05, 4.69) is 5.32 Å². The van der Waals surface area contributed by atoms with Crippen LogP contribution in [0.15, 0.2) is 36.4 Å². The highest BCUT2D eigenvalue weighted by Crippen LogP contribution is 2.30. The van der Waals surface area contributed by atoms with Crippen molar-refractivity contribution in [1.29, 1.82) is 0 Å². The smallest absolute Gasteiger partial charge is 0.338 e. The largest absolute Gasteiger partial charge is 0.495 e. The van der Waals surface area contributed by atoms with Crippen LogP contribution in [0, 0.1) is 6.92 Å². The number of hydrogen-bond acceptors (Lipinski definition) is 6. The molecule has 0 bridgehead atoms. The first-order chi connectivity index (χ1) is 13.6. The van der Waals surface area contributed by atoms with Gasteiger partial charge in [0.15, 0.2) is 0 Å². The predicted octanol–water partition coefficient (Wildman–Crippen LogP) is 2.85. The summed E-state index contributed by atoms with van der Waals surface area (Å²) in [5, 5.41) is 2.84. The second kappa shape index (κ2) is 9.15. The molecule has 0 spiro atoms. The molecule has 2 aromatic carbocycles. The van der Waals surface area contributed by atoms with E-state index in [9.17, 15) is 18.0 Å². The van der Waals surface area contributed by atoms with E-state index in [1.54, 1.807) is 25.1 Å². The number of carbonyl (C=O) groups is 2. The number of amides is 1. The maximum atomic E-state index is 12.6. The maximum absolute atomic E-state index is 12.6. The van der Waals surface area contributed by atoms with Crippen molar-refractivity contribution in [2.45, 2.75) is 6.92 Å². The Morgan fingerprint density at radius 3 is 2.41 bits per heavy atom. The Hall–Kier alpha value is -2.78. The number of esters is 1. The van der Waals surface area contributed by atoms with Crippen molar-refractivity contribution in [1.82, 2.24) is 0 Å².